The number of fused-ring (bicyclic) bond motifs is 1. The molecular formula is C31H48N4O6. The van der Waals surface area contributed by atoms with E-state index in [1.54, 1.807) is 11.8 Å². The van der Waals surface area contributed by atoms with Gasteiger partial charge in [0.1, 0.15) is 24.2 Å². The summed E-state index contributed by atoms with van der Waals surface area (Å²) in [6.45, 7) is 5.84. The summed E-state index contributed by atoms with van der Waals surface area (Å²) in [7, 11) is 0. The zero-order valence-electron chi connectivity index (χ0n) is 24.7. The quantitative estimate of drug-likeness (QED) is 0.256. The normalized spacial score (nSPS) is 26.4. The van der Waals surface area contributed by atoms with Crippen LogP contribution in [-0.4, -0.2) is 81.7 Å². The van der Waals surface area contributed by atoms with Crippen LogP contribution in [0.3, 0.4) is 0 Å². The van der Waals surface area contributed by atoms with Gasteiger partial charge >= 0.3 is 0 Å². The number of amides is 4. The zero-order valence-corrected chi connectivity index (χ0v) is 24.7. The molecule has 2 aliphatic heterocycles. The van der Waals surface area contributed by atoms with Gasteiger partial charge in [-0.25, -0.2) is 0 Å². The Bertz CT molecular complexity index is 1020. The van der Waals surface area contributed by atoms with Gasteiger partial charge in [-0.3, -0.25) is 19.2 Å². The van der Waals surface area contributed by atoms with Crippen LogP contribution in [0.25, 0.3) is 0 Å². The van der Waals surface area contributed by atoms with E-state index in [1.807, 2.05) is 44.2 Å². The number of aliphatic hydroxyl groups excluding tert-OH is 2. The van der Waals surface area contributed by atoms with Crippen molar-refractivity contribution < 1.29 is 29.4 Å². The number of benzene rings is 1. The lowest BCUT2D eigenvalue weighted by atomic mass is 9.93. The van der Waals surface area contributed by atoms with Crippen LogP contribution in [-0.2, 0) is 25.6 Å². The number of aliphatic hydroxyl groups is 2. The monoisotopic (exact) mass is 572 g/mol. The van der Waals surface area contributed by atoms with E-state index in [0.717, 1.165) is 18.4 Å². The van der Waals surface area contributed by atoms with Crippen LogP contribution < -0.4 is 16.0 Å². The van der Waals surface area contributed by atoms with Gasteiger partial charge in [-0.15, -0.1) is 0 Å². The molecular weight excluding hydrogens is 524 g/mol. The number of rotatable bonds is 11. The molecule has 2 heterocycles. The molecule has 0 aliphatic carbocycles. The molecule has 0 bridgehead atoms. The Kier molecular flexibility index (Phi) is 12.6. The fraction of sp³-hybridized carbons (Fsp3) is 0.677. The predicted octanol–water partition coefficient (Wildman–Crippen LogP) is 1.82. The van der Waals surface area contributed by atoms with E-state index in [0.29, 0.717) is 51.5 Å². The molecule has 0 spiro atoms. The average molecular weight is 573 g/mol. The van der Waals surface area contributed by atoms with E-state index >= 15 is 0 Å². The molecule has 4 unspecified atom stereocenters. The lowest BCUT2D eigenvalue weighted by Gasteiger charge is -2.39. The molecule has 3 rings (SSSR count). The van der Waals surface area contributed by atoms with Crippen molar-refractivity contribution in [3.63, 3.8) is 0 Å². The molecule has 10 nitrogen and oxygen atoms in total. The zero-order chi connectivity index (χ0) is 29.9. The first kappa shape index (κ1) is 32.5. The average Bonchev–Trinajstić information content (AvgIpc) is 2.97. The first-order chi connectivity index (χ1) is 19.6. The minimum atomic E-state index is -0.929. The molecule has 0 saturated carbocycles. The Labute approximate surface area is 243 Å². The van der Waals surface area contributed by atoms with Crippen LogP contribution in [0.15, 0.2) is 30.3 Å². The van der Waals surface area contributed by atoms with Crippen molar-refractivity contribution >= 4 is 23.6 Å². The molecule has 5 N–H and O–H groups in total. The van der Waals surface area contributed by atoms with Crippen LogP contribution in [0.2, 0.25) is 0 Å². The maximum Gasteiger partial charge on any atom is 0.246 e. The largest absolute Gasteiger partial charge is 0.391 e. The van der Waals surface area contributed by atoms with Crippen LogP contribution >= 0.6 is 0 Å². The van der Waals surface area contributed by atoms with Gasteiger partial charge in [0.15, 0.2) is 0 Å². The number of hydrogen-bond acceptors (Lipinski definition) is 6. The lowest BCUT2D eigenvalue weighted by molar-refractivity contribution is -0.147. The number of hydrogen-bond donors (Lipinski definition) is 5. The Morgan fingerprint density at radius 1 is 0.878 bits per heavy atom. The lowest BCUT2D eigenvalue weighted by Crippen LogP contribution is -2.64. The highest BCUT2D eigenvalue weighted by molar-refractivity contribution is 5.97. The molecule has 2 saturated heterocycles. The minimum absolute atomic E-state index is 0.159. The molecule has 2 aliphatic rings. The molecule has 7 atom stereocenters. The van der Waals surface area contributed by atoms with Crippen molar-refractivity contribution in [3.05, 3.63) is 35.9 Å². The molecule has 0 aromatic heterocycles. The molecule has 41 heavy (non-hydrogen) atoms. The van der Waals surface area contributed by atoms with Gasteiger partial charge in [0.2, 0.25) is 23.6 Å². The van der Waals surface area contributed by atoms with E-state index in [4.69, 9.17) is 0 Å². The molecule has 1 aromatic carbocycles. The maximum atomic E-state index is 13.9. The Balaban J connectivity index is 1.86. The van der Waals surface area contributed by atoms with E-state index in [-0.39, 0.29) is 24.2 Å². The predicted molar refractivity (Wildman–Crippen MR) is 156 cm³/mol. The fourth-order valence-electron chi connectivity index (χ4n) is 5.57. The summed E-state index contributed by atoms with van der Waals surface area (Å²) in [5.41, 5.74) is 0.861. The summed E-state index contributed by atoms with van der Waals surface area (Å²) in [6.07, 6.45) is 4.11. The van der Waals surface area contributed by atoms with Crippen molar-refractivity contribution in [2.24, 2.45) is 5.92 Å². The number of nitrogens with one attached hydrogen (secondary N) is 3. The molecule has 1 aromatic rings. The maximum absolute atomic E-state index is 13.9. The van der Waals surface area contributed by atoms with Gasteiger partial charge in [-0.05, 0) is 50.5 Å². The van der Waals surface area contributed by atoms with Crippen LogP contribution in [0.5, 0.6) is 0 Å². The number of nitrogens with zero attached hydrogens (tertiary/aromatic N) is 1. The van der Waals surface area contributed by atoms with Crippen molar-refractivity contribution in [1.29, 1.82) is 0 Å². The molecule has 4 amide bonds. The smallest absolute Gasteiger partial charge is 0.246 e. The molecule has 0 radical (unpaired) electrons. The van der Waals surface area contributed by atoms with Gasteiger partial charge in [0, 0.05) is 13.0 Å². The number of piperidine rings is 1. The molecule has 10 heteroatoms. The third kappa shape index (κ3) is 9.26. The summed E-state index contributed by atoms with van der Waals surface area (Å²) in [6, 6.07) is 6.06. The van der Waals surface area contributed by atoms with Crippen LogP contribution in [0, 0.1) is 5.92 Å². The third-order valence-corrected chi connectivity index (χ3v) is 8.46. The van der Waals surface area contributed by atoms with Crippen molar-refractivity contribution in [3.8, 4) is 0 Å². The Hall–Kier alpha value is -2.98. The number of unbranched alkanes of at least 4 members (excludes halogenated alkanes) is 2. The fourth-order valence-corrected chi connectivity index (χ4v) is 5.57. The highest BCUT2D eigenvalue weighted by Gasteiger charge is 2.40. The summed E-state index contributed by atoms with van der Waals surface area (Å²) in [5.74, 6) is -1.63. The standard InChI is InChI=1S/C31H48N4O6/c1-4-20(2)27-31(41)35-18-12-11-16-25(35)30(40)32-23(15-9-6-10-17-26(37)21(3)36)28(38)33-24(29(39)34-27)19-22-13-7-5-8-14-22/h5,7-8,13-14,20-21,23-27,36-37H,4,6,9-12,15-19H2,1-3H3,(H,32,40)(H,33,38)(H,34,39)/t20?,21?,23?,24-,25+,26?,27+/m1/s1. The number of carbonyl (C=O) groups excluding carboxylic acids is 4. The first-order valence-corrected chi connectivity index (χ1v) is 15.2. The summed E-state index contributed by atoms with van der Waals surface area (Å²) in [4.78, 5) is 56.3. The third-order valence-electron chi connectivity index (χ3n) is 8.46. The van der Waals surface area contributed by atoms with E-state index in [2.05, 4.69) is 16.0 Å². The van der Waals surface area contributed by atoms with Crippen molar-refractivity contribution in [2.45, 2.75) is 121 Å². The first-order valence-electron chi connectivity index (χ1n) is 15.2. The highest BCUT2D eigenvalue weighted by atomic mass is 16.3. The number of carbonyl (C=O) groups is 4. The van der Waals surface area contributed by atoms with Crippen LogP contribution in [0.4, 0.5) is 0 Å². The Morgan fingerprint density at radius 2 is 1.56 bits per heavy atom. The van der Waals surface area contributed by atoms with Gasteiger partial charge in [-0.2, -0.15) is 0 Å². The van der Waals surface area contributed by atoms with E-state index in [1.165, 1.54) is 0 Å². The van der Waals surface area contributed by atoms with Gasteiger partial charge in [-0.1, -0.05) is 69.9 Å². The van der Waals surface area contributed by atoms with Crippen molar-refractivity contribution in [2.75, 3.05) is 6.54 Å². The van der Waals surface area contributed by atoms with Gasteiger partial charge < -0.3 is 31.1 Å². The van der Waals surface area contributed by atoms with E-state index in [9.17, 15) is 29.4 Å². The summed E-state index contributed by atoms with van der Waals surface area (Å²) in [5, 5.41) is 28.1. The highest BCUT2D eigenvalue weighted by Crippen LogP contribution is 2.22. The van der Waals surface area contributed by atoms with Gasteiger partial charge in [0.25, 0.3) is 0 Å². The SMILES string of the molecule is CCC(C)[C@@H]1NC(=O)[C@@H](Cc2ccccc2)NC(=O)C(CCCCCC(O)C(C)O)NC(=O)[C@@H]2CCCCN2C1=O. The topological polar surface area (TPSA) is 148 Å². The van der Waals surface area contributed by atoms with Crippen LogP contribution in [0.1, 0.15) is 84.1 Å². The van der Waals surface area contributed by atoms with E-state index < -0.39 is 48.2 Å². The molecule has 228 valence electrons. The Morgan fingerprint density at radius 3 is 2.24 bits per heavy atom. The second-order valence-electron chi connectivity index (χ2n) is 11.7. The van der Waals surface area contributed by atoms with Gasteiger partial charge in [0.05, 0.1) is 12.2 Å². The van der Waals surface area contributed by atoms with Crippen molar-refractivity contribution in [1.82, 2.24) is 20.9 Å². The second kappa shape index (κ2) is 15.9. The molecule has 2 fully saturated rings. The second-order valence-corrected chi connectivity index (χ2v) is 11.7. The summed E-state index contributed by atoms with van der Waals surface area (Å²) < 4.78 is 0. The minimum Gasteiger partial charge on any atom is -0.391 e. The summed E-state index contributed by atoms with van der Waals surface area (Å²) >= 11 is 0.